The van der Waals surface area contributed by atoms with Gasteiger partial charge in [0.2, 0.25) is 5.95 Å². The SMILES string of the molecule is C=C(NC(C)O)c1ccc(O[C@@H]2CCN(c3ccnc(N4CC[C@H](F)C4)n3)C2)cc1. The van der Waals surface area contributed by atoms with E-state index >= 15 is 0 Å². The fraction of sp³-hybridized carbons (Fsp3) is 0.455. The smallest absolute Gasteiger partial charge is 0.227 e. The fourth-order valence-electron chi connectivity index (χ4n) is 3.86. The van der Waals surface area contributed by atoms with Crippen LogP contribution in [0.3, 0.4) is 0 Å². The van der Waals surface area contributed by atoms with Crippen molar-refractivity contribution in [2.45, 2.75) is 38.3 Å². The molecule has 0 aliphatic carbocycles. The summed E-state index contributed by atoms with van der Waals surface area (Å²) in [5.74, 6) is 2.24. The second-order valence-corrected chi connectivity index (χ2v) is 7.84. The van der Waals surface area contributed by atoms with E-state index in [2.05, 4.69) is 26.8 Å². The summed E-state index contributed by atoms with van der Waals surface area (Å²) in [4.78, 5) is 13.1. The lowest BCUT2D eigenvalue weighted by molar-refractivity contribution is 0.177. The molecular weight excluding hydrogens is 385 g/mol. The molecule has 1 aromatic carbocycles. The van der Waals surface area contributed by atoms with Crippen molar-refractivity contribution < 1.29 is 14.2 Å². The van der Waals surface area contributed by atoms with Crippen LogP contribution in [0, 0.1) is 0 Å². The van der Waals surface area contributed by atoms with E-state index in [0.717, 1.165) is 36.6 Å². The standard InChI is InChI=1S/C22H28FN5O2/c1-15(25-16(2)29)17-3-5-19(6-4-17)30-20-9-12-27(14-20)21-7-10-24-22(26-21)28-11-8-18(23)13-28/h3-7,10,16,18,20,25,29H,1,8-9,11-14H2,2H3/t16?,18-,20+/m0/s1. The molecule has 2 aliphatic rings. The molecule has 0 amide bonds. The first-order valence-corrected chi connectivity index (χ1v) is 10.4. The summed E-state index contributed by atoms with van der Waals surface area (Å²) in [6.45, 7) is 8.18. The molecule has 160 valence electrons. The Hall–Kier alpha value is -2.87. The molecule has 7 nitrogen and oxygen atoms in total. The highest BCUT2D eigenvalue weighted by molar-refractivity contribution is 5.62. The van der Waals surface area contributed by atoms with Crippen LogP contribution < -0.4 is 19.9 Å². The van der Waals surface area contributed by atoms with Gasteiger partial charge in [0.15, 0.2) is 0 Å². The number of benzene rings is 1. The highest BCUT2D eigenvalue weighted by Gasteiger charge is 2.27. The highest BCUT2D eigenvalue weighted by atomic mass is 19.1. The lowest BCUT2D eigenvalue weighted by Crippen LogP contribution is -2.27. The van der Waals surface area contributed by atoms with Crippen LogP contribution in [0.5, 0.6) is 5.75 Å². The van der Waals surface area contributed by atoms with Crippen LogP contribution in [0.25, 0.3) is 5.70 Å². The third-order valence-electron chi connectivity index (χ3n) is 5.40. The molecule has 2 saturated heterocycles. The summed E-state index contributed by atoms with van der Waals surface area (Å²) < 4.78 is 19.6. The van der Waals surface area contributed by atoms with E-state index in [-0.39, 0.29) is 6.10 Å². The number of alkyl halides is 1. The third-order valence-corrected chi connectivity index (χ3v) is 5.40. The van der Waals surface area contributed by atoms with Gasteiger partial charge in [-0.2, -0.15) is 4.98 Å². The minimum atomic E-state index is -0.798. The molecule has 30 heavy (non-hydrogen) atoms. The molecule has 1 aromatic heterocycles. The summed E-state index contributed by atoms with van der Waals surface area (Å²) >= 11 is 0. The third kappa shape index (κ3) is 4.81. The van der Waals surface area contributed by atoms with Crippen molar-refractivity contribution in [3.63, 3.8) is 0 Å². The number of nitrogens with one attached hydrogen (secondary N) is 1. The largest absolute Gasteiger partial charge is 0.489 e. The van der Waals surface area contributed by atoms with Crippen molar-refractivity contribution in [1.29, 1.82) is 0 Å². The first-order valence-electron chi connectivity index (χ1n) is 10.4. The maximum Gasteiger partial charge on any atom is 0.227 e. The number of hydrogen-bond acceptors (Lipinski definition) is 7. The summed E-state index contributed by atoms with van der Waals surface area (Å²) in [6.07, 6.45) is 1.79. The fourth-order valence-corrected chi connectivity index (χ4v) is 3.86. The van der Waals surface area contributed by atoms with Crippen molar-refractivity contribution >= 4 is 17.5 Å². The molecule has 8 heteroatoms. The van der Waals surface area contributed by atoms with Crippen molar-refractivity contribution in [2.24, 2.45) is 0 Å². The number of aromatic nitrogens is 2. The Morgan fingerprint density at radius 3 is 2.67 bits per heavy atom. The molecule has 2 aromatic rings. The van der Waals surface area contributed by atoms with Gasteiger partial charge in [-0.3, -0.25) is 0 Å². The van der Waals surface area contributed by atoms with Gasteiger partial charge >= 0.3 is 0 Å². The van der Waals surface area contributed by atoms with Gasteiger partial charge in [0.25, 0.3) is 0 Å². The number of hydrogen-bond donors (Lipinski definition) is 2. The van der Waals surface area contributed by atoms with E-state index < -0.39 is 12.4 Å². The molecule has 2 aliphatic heterocycles. The summed E-state index contributed by atoms with van der Waals surface area (Å²) in [6, 6.07) is 9.56. The zero-order valence-electron chi connectivity index (χ0n) is 17.2. The van der Waals surface area contributed by atoms with E-state index in [4.69, 9.17) is 4.74 Å². The normalized spacial score (nSPS) is 22.2. The first-order chi connectivity index (χ1) is 14.5. The maximum absolute atomic E-state index is 13.5. The van der Waals surface area contributed by atoms with Gasteiger partial charge in [0.05, 0.1) is 13.1 Å². The van der Waals surface area contributed by atoms with Crippen LogP contribution in [0.15, 0.2) is 43.1 Å². The van der Waals surface area contributed by atoms with Crippen LogP contribution in [0.2, 0.25) is 0 Å². The van der Waals surface area contributed by atoms with Crippen molar-refractivity contribution in [2.75, 3.05) is 36.0 Å². The Morgan fingerprint density at radius 1 is 1.20 bits per heavy atom. The van der Waals surface area contributed by atoms with Gasteiger partial charge in [0.1, 0.15) is 30.1 Å². The number of ether oxygens (including phenoxy) is 1. The lowest BCUT2D eigenvalue weighted by atomic mass is 10.1. The Labute approximate surface area is 176 Å². The minimum Gasteiger partial charge on any atom is -0.489 e. The van der Waals surface area contributed by atoms with Crippen LogP contribution in [-0.2, 0) is 0 Å². The average Bonchev–Trinajstić information content (AvgIpc) is 3.37. The maximum atomic E-state index is 13.5. The number of aliphatic hydroxyl groups excluding tert-OH is 1. The average molecular weight is 413 g/mol. The number of rotatable bonds is 7. The molecule has 1 unspecified atom stereocenters. The Morgan fingerprint density at radius 2 is 1.97 bits per heavy atom. The molecule has 3 atom stereocenters. The van der Waals surface area contributed by atoms with E-state index in [0.29, 0.717) is 31.2 Å². The minimum absolute atomic E-state index is 0.0649. The molecule has 0 bridgehead atoms. The predicted octanol–water partition coefficient (Wildman–Crippen LogP) is 2.58. The molecular formula is C22H28FN5O2. The quantitative estimate of drug-likeness (QED) is 0.676. The van der Waals surface area contributed by atoms with Crippen LogP contribution in [0.4, 0.5) is 16.2 Å². The number of aliphatic hydroxyl groups is 1. The topological polar surface area (TPSA) is 73.8 Å². The molecule has 0 radical (unpaired) electrons. The summed E-state index contributed by atoms with van der Waals surface area (Å²) in [5, 5.41) is 12.3. The summed E-state index contributed by atoms with van der Waals surface area (Å²) in [5.41, 5.74) is 1.57. The zero-order valence-corrected chi connectivity index (χ0v) is 17.2. The summed E-state index contributed by atoms with van der Waals surface area (Å²) in [7, 11) is 0. The molecule has 0 spiro atoms. The molecule has 0 saturated carbocycles. The van der Waals surface area contributed by atoms with Gasteiger partial charge in [-0.25, -0.2) is 9.37 Å². The number of nitrogens with zero attached hydrogens (tertiary/aromatic N) is 4. The van der Waals surface area contributed by atoms with E-state index in [1.165, 1.54) is 0 Å². The second-order valence-electron chi connectivity index (χ2n) is 7.84. The zero-order chi connectivity index (χ0) is 21.1. The van der Waals surface area contributed by atoms with Crippen molar-refractivity contribution in [3.8, 4) is 5.75 Å². The van der Waals surface area contributed by atoms with Gasteiger partial charge in [-0.15, -0.1) is 0 Å². The highest BCUT2D eigenvalue weighted by Crippen LogP contribution is 2.25. The molecule has 2 N–H and O–H groups in total. The van der Waals surface area contributed by atoms with Gasteiger partial charge in [-0.05, 0) is 49.2 Å². The second kappa shape index (κ2) is 8.87. The Balaban J connectivity index is 1.34. The van der Waals surface area contributed by atoms with Crippen LogP contribution in [0.1, 0.15) is 25.3 Å². The van der Waals surface area contributed by atoms with Gasteiger partial charge in [-0.1, -0.05) is 6.58 Å². The molecule has 3 heterocycles. The first kappa shape index (κ1) is 20.4. The lowest BCUT2D eigenvalue weighted by Gasteiger charge is -2.21. The monoisotopic (exact) mass is 413 g/mol. The van der Waals surface area contributed by atoms with Crippen LogP contribution in [-0.4, -0.2) is 59.8 Å². The Bertz CT molecular complexity index is 876. The van der Waals surface area contributed by atoms with Crippen LogP contribution >= 0.6 is 0 Å². The number of anilines is 2. The van der Waals surface area contributed by atoms with Crippen molar-refractivity contribution in [1.82, 2.24) is 15.3 Å². The van der Waals surface area contributed by atoms with Crippen molar-refractivity contribution in [3.05, 3.63) is 48.7 Å². The van der Waals surface area contributed by atoms with E-state index in [9.17, 15) is 9.50 Å². The Kier molecular flexibility index (Phi) is 6.03. The number of halogens is 1. The van der Waals surface area contributed by atoms with E-state index in [1.807, 2.05) is 35.2 Å². The molecule has 2 fully saturated rings. The molecule has 4 rings (SSSR count). The van der Waals surface area contributed by atoms with Gasteiger partial charge in [0, 0.05) is 31.4 Å². The van der Waals surface area contributed by atoms with E-state index in [1.54, 1.807) is 13.1 Å². The van der Waals surface area contributed by atoms with Gasteiger partial charge < -0.3 is 25.0 Å². The predicted molar refractivity (Wildman–Crippen MR) is 115 cm³/mol.